The van der Waals surface area contributed by atoms with Gasteiger partial charge in [-0.05, 0) is 54.6 Å². The molecule has 0 spiro atoms. The number of carbonyl (C=O) groups excluding carboxylic acids is 2. The van der Waals surface area contributed by atoms with E-state index in [-0.39, 0.29) is 17.7 Å². The quantitative estimate of drug-likeness (QED) is 0.600. The zero-order valence-corrected chi connectivity index (χ0v) is 12.6. The third-order valence-corrected chi connectivity index (χ3v) is 3.06. The van der Waals surface area contributed by atoms with Crippen molar-refractivity contribution in [3.63, 3.8) is 0 Å². The molecule has 0 aliphatic carbocycles. The summed E-state index contributed by atoms with van der Waals surface area (Å²) in [5.41, 5.74) is 0.331. The van der Waals surface area contributed by atoms with Gasteiger partial charge < -0.3 is 9.47 Å². The SMILES string of the molecule is C=C[C@@H](COC(=O)c1ccc(F)cc1)OC(=O)c1ccc(F)cc1. The Kier molecular flexibility index (Phi) is 5.78. The van der Waals surface area contributed by atoms with Crippen LogP contribution in [0.1, 0.15) is 20.7 Å². The predicted molar refractivity (Wildman–Crippen MR) is 82.5 cm³/mol. The van der Waals surface area contributed by atoms with Crippen molar-refractivity contribution in [3.05, 3.63) is 83.9 Å². The molecule has 2 rings (SSSR count). The molecule has 124 valence electrons. The van der Waals surface area contributed by atoms with Crippen molar-refractivity contribution < 1.29 is 27.8 Å². The van der Waals surface area contributed by atoms with Gasteiger partial charge in [-0.3, -0.25) is 0 Å². The summed E-state index contributed by atoms with van der Waals surface area (Å²) in [5, 5.41) is 0. The highest BCUT2D eigenvalue weighted by Crippen LogP contribution is 2.09. The van der Waals surface area contributed by atoms with E-state index >= 15 is 0 Å². The average molecular weight is 332 g/mol. The molecule has 0 radical (unpaired) electrons. The number of hydrogen-bond acceptors (Lipinski definition) is 4. The zero-order valence-electron chi connectivity index (χ0n) is 12.6. The van der Waals surface area contributed by atoms with Crippen molar-refractivity contribution in [1.29, 1.82) is 0 Å². The average Bonchev–Trinajstić information content (AvgIpc) is 2.59. The molecular formula is C18H14F2O4. The van der Waals surface area contributed by atoms with Gasteiger partial charge in [-0.2, -0.15) is 0 Å². The van der Waals surface area contributed by atoms with Crippen LogP contribution in [0.25, 0.3) is 0 Å². The van der Waals surface area contributed by atoms with Gasteiger partial charge in [-0.1, -0.05) is 6.58 Å². The summed E-state index contributed by atoms with van der Waals surface area (Å²) in [7, 11) is 0. The summed E-state index contributed by atoms with van der Waals surface area (Å²) < 4.78 is 35.7. The molecule has 0 unspecified atom stereocenters. The summed E-state index contributed by atoms with van der Waals surface area (Å²) in [6, 6.07) is 9.66. The fraction of sp³-hybridized carbons (Fsp3) is 0.111. The normalized spacial score (nSPS) is 11.4. The van der Waals surface area contributed by atoms with Gasteiger partial charge in [-0.25, -0.2) is 18.4 Å². The van der Waals surface area contributed by atoms with Crippen molar-refractivity contribution in [3.8, 4) is 0 Å². The molecule has 0 bridgehead atoms. The maximum atomic E-state index is 12.8. The van der Waals surface area contributed by atoms with E-state index in [1.807, 2.05) is 0 Å². The minimum Gasteiger partial charge on any atom is -0.458 e. The van der Waals surface area contributed by atoms with E-state index in [9.17, 15) is 18.4 Å². The summed E-state index contributed by atoms with van der Waals surface area (Å²) >= 11 is 0. The van der Waals surface area contributed by atoms with Gasteiger partial charge in [0.15, 0.2) is 6.10 Å². The number of carbonyl (C=O) groups is 2. The third-order valence-electron chi connectivity index (χ3n) is 3.06. The van der Waals surface area contributed by atoms with Crippen LogP contribution in [0.5, 0.6) is 0 Å². The summed E-state index contributed by atoms with van der Waals surface area (Å²) in [6.45, 7) is 3.26. The lowest BCUT2D eigenvalue weighted by atomic mass is 10.2. The molecular weight excluding hydrogens is 318 g/mol. The lowest BCUT2D eigenvalue weighted by Gasteiger charge is -2.14. The van der Waals surface area contributed by atoms with E-state index in [1.54, 1.807) is 0 Å². The molecule has 0 aromatic heterocycles. The van der Waals surface area contributed by atoms with Crippen LogP contribution < -0.4 is 0 Å². The van der Waals surface area contributed by atoms with Gasteiger partial charge >= 0.3 is 11.9 Å². The molecule has 4 nitrogen and oxygen atoms in total. The molecule has 0 saturated heterocycles. The number of halogens is 2. The smallest absolute Gasteiger partial charge is 0.338 e. The molecule has 0 aliphatic rings. The van der Waals surface area contributed by atoms with Gasteiger partial charge in [0.05, 0.1) is 11.1 Å². The molecule has 0 aliphatic heterocycles. The van der Waals surface area contributed by atoms with Crippen molar-refractivity contribution in [2.75, 3.05) is 6.61 Å². The number of hydrogen-bond donors (Lipinski definition) is 0. The fourth-order valence-corrected chi connectivity index (χ4v) is 1.77. The highest BCUT2D eigenvalue weighted by Gasteiger charge is 2.16. The number of rotatable bonds is 6. The lowest BCUT2D eigenvalue weighted by Crippen LogP contribution is -2.23. The van der Waals surface area contributed by atoms with E-state index in [4.69, 9.17) is 9.47 Å². The molecule has 2 aromatic carbocycles. The van der Waals surface area contributed by atoms with Crippen LogP contribution in [-0.2, 0) is 9.47 Å². The molecule has 0 amide bonds. The highest BCUT2D eigenvalue weighted by molar-refractivity contribution is 5.90. The van der Waals surface area contributed by atoms with Gasteiger partial charge in [0.1, 0.15) is 18.2 Å². The zero-order chi connectivity index (χ0) is 17.5. The standard InChI is InChI=1S/C18H14F2O4/c1-2-16(24-18(22)13-5-9-15(20)10-6-13)11-23-17(21)12-3-7-14(19)8-4-12/h2-10,16H,1,11H2/t16-/m0/s1. The monoisotopic (exact) mass is 332 g/mol. The van der Waals surface area contributed by atoms with Crippen molar-refractivity contribution in [1.82, 2.24) is 0 Å². The first kappa shape index (κ1) is 17.3. The Morgan fingerprint density at radius 3 is 1.83 bits per heavy atom. The molecule has 1 atom stereocenters. The molecule has 2 aromatic rings. The van der Waals surface area contributed by atoms with Crippen molar-refractivity contribution in [2.24, 2.45) is 0 Å². The number of ether oxygens (including phenoxy) is 2. The Morgan fingerprint density at radius 2 is 1.38 bits per heavy atom. The third kappa shape index (κ3) is 4.74. The van der Waals surface area contributed by atoms with Gasteiger partial charge in [0.2, 0.25) is 0 Å². The Hall–Kier alpha value is -3.02. The second-order valence-electron chi connectivity index (χ2n) is 4.79. The van der Waals surface area contributed by atoms with Crippen LogP contribution in [0, 0.1) is 11.6 Å². The van der Waals surface area contributed by atoms with Crippen LogP contribution in [0.3, 0.4) is 0 Å². The van der Waals surface area contributed by atoms with E-state index in [1.165, 1.54) is 30.3 Å². The molecule has 0 heterocycles. The van der Waals surface area contributed by atoms with Crippen LogP contribution in [0.2, 0.25) is 0 Å². The van der Waals surface area contributed by atoms with Crippen molar-refractivity contribution >= 4 is 11.9 Å². The Balaban J connectivity index is 1.90. The minimum atomic E-state index is -0.869. The highest BCUT2D eigenvalue weighted by atomic mass is 19.1. The Morgan fingerprint density at radius 1 is 0.917 bits per heavy atom. The summed E-state index contributed by atoms with van der Waals surface area (Å²) in [6.07, 6.45) is 0.436. The second-order valence-corrected chi connectivity index (χ2v) is 4.79. The van der Waals surface area contributed by atoms with Gasteiger partial charge in [0.25, 0.3) is 0 Å². The maximum Gasteiger partial charge on any atom is 0.338 e. The number of benzene rings is 2. The molecule has 24 heavy (non-hydrogen) atoms. The van der Waals surface area contributed by atoms with Crippen molar-refractivity contribution in [2.45, 2.75) is 6.10 Å². The first-order chi connectivity index (χ1) is 11.5. The molecule has 6 heteroatoms. The van der Waals surface area contributed by atoms with Crippen LogP contribution in [0.4, 0.5) is 8.78 Å². The van der Waals surface area contributed by atoms with Gasteiger partial charge in [0, 0.05) is 0 Å². The first-order valence-electron chi connectivity index (χ1n) is 7.01. The minimum absolute atomic E-state index is 0.160. The van der Waals surface area contributed by atoms with Gasteiger partial charge in [-0.15, -0.1) is 0 Å². The second kappa shape index (κ2) is 8.01. The van der Waals surface area contributed by atoms with Crippen LogP contribution >= 0.6 is 0 Å². The predicted octanol–water partition coefficient (Wildman–Crippen LogP) is 3.53. The molecule has 0 saturated carbocycles. The first-order valence-corrected chi connectivity index (χ1v) is 7.01. The van der Waals surface area contributed by atoms with E-state index < -0.39 is 29.7 Å². The fourth-order valence-electron chi connectivity index (χ4n) is 1.77. The van der Waals surface area contributed by atoms with E-state index in [0.29, 0.717) is 0 Å². The number of esters is 2. The maximum absolute atomic E-state index is 12.8. The molecule has 0 N–H and O–H groups in total. The summed E-state index contributed by atoms with van der Waals surface area (Å²) in [4.78, 5) is 23.7. The Bertz CT molecular complexity index is 724. The largest absolute Gasteiger partial charge is 0.458 e. The van der Waals surface area contributed by atoms with E-state index in [2.05, 4.69) is 6.58 Å². The molecule has 0 fully saturated rings. The Labute approximate surface area is 137 Å². The lowest BCUT2D eigenvalue weighted by molar-refractivity contribution is 0.0114. The van der Waals surface area contributed by atoms with Crippen LogP contribution in [0.15, 0.2) is 61.2 Å². The topological polar surface area (TPSA) is 52.6 Å². The summed E-state index contributed by atoms with van der Waals surface area (Å²) in [5.74, 6) is -2.32. The van der Waals surface area contributed by atoms with Crippen LogP contribution in [-0.4, -0.2) is 24.6 Å². The van der Waals surface area contributed by atoms with E-state index in [0.717, 1.165) is 24.3 Å².